The number of aliphatic hydroxyl groups is 8. The van der Waals surface area contributed by atoms with Gasteiger partial charge in [-0.25, -0.2) is 0 Å². The first-order chi connectivity index (χ1) is 18.4. The minimum absolute atomic E-state index is 0.0103. The van der Waals surface area contributed by atoms with Crippen molar-refractivity contribution in [3.05, 3.63) is 0 Å². The third kappa shape index (κ3) is 5.78. The van der Waals surface area contributed by atoms with Gasteiger partial charge in [0.05, 0.1) is 25.9 Å². The number of rotatable bonds is 11. The van der Waals surface area contributed by atoms with Gasteiger partial charge in [0.25, 0.3) is 0 Å². The molecule has 4 aliphatic rings. The van der Waals surface area contributed by atoms with Gasteiger partial charge in [-0.3, -0.25) is 0 Å². The molecule has 0 amide bonds. The SMILES string of the molecule is C[C@H](CCC[C@]1(C)[C@H]2CC[C@]1(C)[C@H](O[C@@H]1O[C@H](CO)[C@@H](O)[C@H](O)[C@H]1O)C2)CO[C@@H]1O[C@H](CO)[C@@H](O)[C@H](O)[C@H]1O. The van der Waals surface area contributed by atoms with Gasteiger partial charge in [0, 0.05) is 0 Å². The quantitative estimate of drug-likeness (QED) is 0.147. The Hall–Kier alpha value is -0.480. The summed E-state index contributed by atoms with van der Waals surface area (Å²) in [5.41, 5.74) is -0.184. The van der Waals surface area contributed by atoms with Crippen LogP contribution in [0.4, 0.5) is 0 Å². The number of fused-ring (bicyclic) bond motifs is 2. The van der Waals surface area contributed by atoms with Crippen LogP contribution in [0.5, 0.6) is 0 Å². The summed E-state index contributed by atoms with van der Waals surface area (Å²) >= 11 is 0. The van der Waals surface area contributed by atoms with E-state index in [0.717, 1.165) is 38.5 Å². The largest absolute Gasteiger partial charge is 0.394 e. The lowest BCUT2D eigenvalue weighted by Crippen LogP contribution is -2.60. The summed E-state index contributed by atoms with van der Waals surface area (Å²) in [6, 6.07) is 0. The van der Waals surface area contributed by atoms with Crippen LogP contribution in [0.2, 0.25) is 0 Å². The monoisotopic (exact) mass is 564 g/mol. The van der Waals surface area contributed by atoms with Gasteiger partial charge in [-0.2, -0.15) is 0 Å². The molecule has 2 bridgehead atoms. The van der Waals surface area contributed by atoms with Crippen LogP contribution in [0.1, 0.15) is 59.3 Å². The summed E-state index contributed by atoms with van der Waals surface area (Å²) in [5.74, 6) is 0.562. The predicted octanol–water partition coefficient (Wildman–Crippen LogP) is -1.38. The zero-order valence-corrected chi connectivity index (χ0v) is 23.1. The van der Waals surface area contributed by atoms with E-state index < -0.39 is 74.6 Å². The molecule has 0 unspecified atom stereocenters. The van der Waals surface area contributed by atoms with Crippen molar-refractivity contribution in [3.63, 3.8) is 0 Å². The van der Waals surface area contributed by atoms with Crippen molar-refractivity contribution in [1.82, 2.24) is 0 Å². The second-order valence-corrected chi connectivity index (χ2v) is 12.7. The smallest absolute Gasteiger partial charge is 0.186 e. The van der Waals surface area contributed by atoms with E-state index in [2.05, 4.69) is 13.8 Å². The van der Waals surface area contributed by atoms with Gasteiger partial charge in [-0.05, 0) is 54.8 Å². The zero-order chi connectivity index (χ0) is 28.7. The van der Waals surface area contributed by atoms with Gasteiger partial charge < -0.3 is 59.8 Å². The molecular formula is C27H48O12. The lowest BCUT2D eigenvalue weighted by atomic mass is 9.65. The Morgan fingerprint density at radius 3 is 1.97 bits per heavy atom. The molecule has 2 aliphatic carbocycles. The molecule has 12 heteroatoms. The minimum Gasteiger partial charge on any atom is -0.394 e. The van der Waals surface area contributed by atoms with Gasteiger partial charge in [0.1, 0.15) is 48.8 Å². The molecule has 0 aromatic heterocycles. The molecule has 2 saturated carbocycles. The summed E-state index contributed by atoms with van der Waals surface area (Å²) in [4.78, 5) is 0. The second-order valence-electron chi connectivity index (χ2n) is 12.7. The van der Waals surface area contributed by atoms with Crippen molar-refractivity contribution in [3.8, 4) is 0 Å². The molecule has 2 saturated heterocycles. The van der Waals surface area contributed by atoms with Gasteiger partial charge in [-0.1, -0.05) is 27.2 Å². The molecule has 0 spiro atoms. The van der Waals surface area contributed by atoms with Crippen molar-refractivity contribution in [2.45, 2.75) is 127 Å². The van der Waals surface area contributed by atoms with Crippen LogP contribution < -0.4 is 0 Å². The number of hydrogen-bond acceptors (Lipinski definition) is 12. The maximum Gasteiger partial charge on any atom is 0.186 e. The van der Waals surface area contributed by atoms with Gasteiger partial charge in [0.15, 0.2) is 12.6 Å². The van der Waals surface area contributed by atoms with Crippen molar-refractivity contribution < 1.29 is 59.8 Å². The van der Waals surface area contributed by atoms with E-state index in [4.69, 9.17) is 18.9 Å². The Balaban J connectivity index is 1.28. The van der Waals surface area contributed by atoms with Crippen molar-refractivity contribution in [1.29, 1.82) is 0 Å². The summed E-state index contributed by atoms with van der Waals surface area (Å²) in [7, 11) is 0. The highest BCUT2D eigenvalue weighted by Crippen LogP contribution is 2.68. The molecule has 39 heavy (non-hydrogen) atoms. The lowest BCUT2D eigenvalue weighted by molar-refractivity contribution is -0.319. The first-order valence-corrected chi connectivity index (χ1v) is 14.3. The highest BCUT2D eigenvalue weighted by Gasteiger charge is 2.64. The summed E-state index contributed by atoms with van der Waals surface area (Å²) in [6.07, 6.45) is -7.49. The lowest BCUT2D eigenvalue weighted by Gasteiger charge is -2.45. The van der Waals surface area contributed by atoms with Crippen molar-refractivity contribution >= 4 is 0 Å². The summed E-state index contributed by atoms with van der Waals surface area (Å²) in [6.45, 7) is 5.81. The highest BCUT2D eigenvalue weighted by molar-refractivity contribution is 5.13. The topological polar surface area (TPSA) is 199 Å². The molecule has 8 N–H and O–H groups in total. The van der Waals surface area contributed by atoms with Crippen LogP contribution in [0.15, 0.2) is 0 Å². The molecule has 4 fully saturated rings. The van der Waals surface area contributed by atoms with Crippen LogP contribution in [-0.2, 0) is 18.9 Å². The van der Waals surface area contributed by atoms with E-state index in [9.17, 15) is 40.9 Å². The van der Waals surface area contributed by atoms with Crippen LogP contribution in [0.3, 0.4) is 0 Å². The van der Waals surface area contributed by atoms with Crippen LogP contribution >= 0.6 is 0 Å². The maximum atomic E-state index is 10.5. The molecule has 2 aliphatic heterocycles. The average Bonchev–Trinajstić information content (AvgIpc) is 3.27. The Kier molecular flexibility index (Phi) is 10.0. The fourth-order valence-corrected chi connectivity index (χ4v) is 7.37. The molecule has 15 atom stereocenters. The van der Waals surface area contributed by atoms with Crippen LogP contribution in [0, 0.1) is 22.7 Å². The summed E-state index contributed by atoms with van der Waals surface area (Å²) in [5, 5.41) is 79.6. The predicted molar refractivity (Wildman–Crippen MR) is 135 cm³/mol. The van der Waals surface area contributed by atoms with Gasteiger partial charge in [-0.15, -0.1) is 0 Å². The number of hydrogen-bond donors (Lipinski definition) is 8. The number of aliphatic hydroxyl groups excluding tert-OH is 8. The first kappa shape index (κ1) is 31.5. The minimum atomic E-state index is -1.47. The van der Waals surface area contributed by atoms with Crippen LogP contribution in [0.25, 0.3) is 0 Å². The molecule has 228 valence electrons. The molecule has 0 radical (unpaired) electrons. The highest BCUT2D eigenvalue weighted by atomic mass is 16.7. The standard InChI is InChI=1S/C27H48O12/c1-13(12-36-24-22(34)20(32)18(30)15(10-28)37-24)5-4-7-26(2)14-6-8-27(26,3)17(9-14)39-25-23(35)21(33)19(31)16(11-29)38-25/h13-25,28-35H,4-12H2,1-3H3/t13-,14+,15-,16-,17-,18-,19-,20+,21+,22-,23-,24-,25+,26-,27-/m1/s1. The first-order valence-electron chi connectivity index (χ1n) is 14.3. The molecule has 2 heterocycles. The van der Waals surface area contributed by atoms with E-state index in [1.54, 1.807) is 0 Å². The van der Waals surface area contributed by atoms with Crippen molar-refractivity contribution in [2.75, 3.05) is 19.8 Å². The van der Waals surface area contributed by atoms with Gasteiger partial charge in [0.2, 0.25) is 0 Å². The summed E-state index contributed by atoms with van der Waals surface area (Å²) < 4.78 is 23.0. The fourth-order valence-electron chi connectivity index (χ4n) is 7.37. The molecular weight excluding hydrogens is 516 g/mol. The Morgan fingerprint density at radius 2 is 1.38 bits per heavy atom. The number of ether oxygens (including phenoxy) is 4. The Morgan fingerprint density at radius 1 is 0.821 bits per heavy atom. The Labute approximate surface area is 229 Å². The van der Waals surface area contributed by atoms with Gasteiger partial charge >= 0.3 is 0 Å². The molecule has 0 aromatic carbocycles. The zero-order valence-electron chi connectivity index (χ0n) is 23.1. The van der Waals surface area contributed by atoms with E-state index in [0.29, 0.717) is 5.92 Å². The maximum absolute atomic E-state index is 10.5. The normalized spacial score (nSPS) is 50.8. The van der Waals surface area contributed by atoms with E-state index in [1.807, 2.05) is 6.92 Å². The average molecular weight is 565 g/mol. The third-order valence-corrected chi connectivity index (χ3v) is 10.4. The third-order valence-electron chi connectivity index (χ3n) is 10.4. The second kappa shape index (κ2) is 12.4. The molecule has 12 nitrogen and oxygen atoms in total. The van der Waals surface area contributed by atoms with E-state index >= 15 is 0 Å². The van der Waals surface area contributed by atoms with Crippen molar-refractivity contribution in [2.24, 2.45) is 22.7 Å². The van der Waals surface area contributed by atoms with E-state index in [1.165, 1.54) is 0 Å². The van der Waals surface area contributed by atoms with E-state index in [-0.39, 0.29) is 29.5 Å². The molecule has 4 rings (SSSR count). The van der Waals surface area contributed by atoms with Crippen LogP contribution in [-0.4, -0.2) is 128 Å². The fraction of sp³-hybridized carbons (Fsp3) is 1.00. The Bertz CT molecular complexity index is 799. The molecule has 0 aromatic rings.